The fraction of sp³-hybridized carbons (Fsp3) is 0.800. The number of ether oxygens (including phenoxy) is 1. The third kappa shape index (κ3) is 1.80. The quantitative estimate of drug-likeness (QED) is 0.484. The fourth-order valence-electron chi connectivity index (χ4n) is 0.569. The summed E-state index contributed by atoms with van der Waals surface area (Å²) in [5.74, 6) is 0. The molecule has 0 spiro atoms. The molecular formula is C5H8ClNO. The van der Waals surface area contributed by atoms with Gasteiger partial charge < -0.3 is 4.74 Å². The summed E-state index contributed by atoms with van der Waals surface area (Å²) in [4.78, 5) is 3.98. The monoisotopic (exact) mass is 133 g/mol. The van der Waals surface area contributed by atoms with E-state index in [9.17, 15) is 0 Å². The minimum Gasteiger partial charge on any atom is -0.374 e. The van der Waals surface area contributed by atoms with Gasteiger partial charge in [-0.2, -0.15) is 0 Å². The highest BCUT2D eigenvalue weighted by Crippen LogP contribution is 1.96. The van der Waals surface area contributed by atoms with Crippen molar-refractivity contribution in [2.24, 2.45) is 4.99 Å². The minimum absolute atomic E-state index is 0.502. The minimum atomic E-state index is 0.502. The lowest BCUT2D eigenvalue weighted by Gasteiger charge is -1.92. The van der Waals surface area contributed by atoms with E-state index >= 15 is 0 Å². The van der Waals surface area contributed by atoms with Gasteiger partial charge in [0.15, 0.2) is 0 Å². The van der Waals surface area contributed by atoms with Gasteiger partial charge in [0.1, 0.15) is 5.17 Å². The van der Waals surface area contributed by atoms with Crippen LogP contribution in [0.25, 0.3) is 0 Å². The van der Waals surface area contributed by atoms with Crippen molar-refractivity contribution in [2.45, 2.75) is 6.42 Å². The van der Waals surface area contributed by atoms with Crippen LogP contribution in [0, 0.1) is 0 Å². The Morgan fingerprint density at radius 2 is 2.50 bits per heavy atom. The van der Waals surface area contributed by atoms with Crippen molar-refractivity contribution in [1.82, 2.24) is 0 Å². The Labute approximate surface area is 53.5 Å². The summed E-state index contributed by atoms with van der Waals surface area (Å²) in [6, 6.07) is 0. The van der Waals surface area contributed by atoms with E-state index < -0.39 is 0 Å². The summed E-state index contributed by atoms with van der Waals surface area (Å²) < 4.78 is 5.04. The molecule has 1 heterocycles. The molecule has 1 aliphatic rings. The molecule has 1 rings (SSSR count). The van der Waals surface area contributed by atoms with Crippen LogP contribution in [0.15, 0.2) is 4.99 Å². The number of hydrogen-bond donors (Lipinski definition) is 0. The summed E-state index contributed by atoms with van der Waals surface area (Å²) in [7, 11) is 0. The molecule has 0 amide bonds. The summed E-state index contributed by atoms with van der Waals surface area (Å²) >= 11 is 5.55. The Kier molecular flexibility index (Phi) is 2.30. The maximum absolute atomic E-state index is 5.55. The van der Waals surface area contributed by atoms with Crippen LogP contribution in [0.3, 0.4) is 0 Å². The van der Waals surface area contributed by atoms with Crippen molar-refractivity contribution < 1.29 is 4.74 Å². The highest BCUT2D eigenvalue weighted by Gasteiger charge is 1.98. The smallest absolute Gasteiger partial charge is 0.126 e. The predicted molar refractivity (Wildman–Crippen MR) is 33.6 cm³/mol. The first kappa shape index (κ1) is 6.05. The molecular weight excluding hydrogens is 126 g/mol. The molecule has 2 nitrogen and oxygen atoms in total. The lowest BCUT2D eigenvalue weighted by Crippen LogP contribution is -1.98. The van der Waals surface area contributed by atoms with Crippen molar-refractivity contribution in [2.75, 3.05) is 19.8 Å². The van der Waals surface area contributed by atoms with Crippen molar-refractivity contribution in [1.29, 1.82) is 0 Å². The lowest BCUT2D eigenvalue weighted by molar-refractivity contribution is 0.176. The number of hydrogen-bond acceptors (Lipinski definition) is 2. The topological polar surface area (TPSA) is 21.6 Å². The van der Waals surface area contributed by atoms with E-state index in [1.807, 2.05) is 0 Å². The molecule has 1 aliphatic heterocycles. The molecule has 0 N–H and O–H groups in total. The van der Waals surface area contributed by atoms with Gasteiger partial charge in [-0.1, -0.05) is 11.6 Å². The summed E-state index contributed by atoms with van der Waals surface area (Å²) in [6.07, 6.45) is 0.996. The molecule has 0 unspecified atom stereocenters. The number of halogens is 1. The standard InChI is InChI=1S/C5H8ClNO/c6-5-4-8-3-1-2-7-5/h1-4H2. The van der Waals surface area contributed by atoms with Gasteiger partial charge in [0.05, 0.1) is 6.61 Å². The Bertz CT molecular complexity index is 103. The van der Waals surface area contributed by atoms with Crippen molar-refractivity contribution in [3.8, 4) is 0 Å². The highest BCUT2D eigenvalue weighted by atomic mass is 35.5. The van der Waals surface area contributed by atoms with E-state index in [2.05, 4.69) is 4.99 Å². The number of rotatable bonds is 0. The van der Waals surface area contributed by atoms with Crippen LogP contribution in [0.4, 0.5) is 0 Å². The molecule has 0 aromatic rings. The van der Waals surface area contributed by atoms with Crippen LogP contribution in [0.1, 0.15) is 6.42 Å². The first-order chi connectivity index (χ1) is 3.89. The van der Waals surface area contributed by atoms with E-state index in [4.69, 9.17) is 16.3 Å². The SMILES string of the molecule is ClC1=NCCCOC1. The van der Waals surface area contributed by atoms with E-state index in [0.29, 0.717) is 11.8 Å². The molecule has 0 atom stereocenters. The third-order valence-corrected chi connectivity index (χ3v) is 1.18. The van der Waals surface area contributed by atoms with Crippen LogP contribution in [0.2, 0.25) is 0 Å². The molecule has 0 saturated heterocycles. The Hall–Kier alpha value is -0.0800. The number of nitrogens with zero attached hydrogens (tertiary/aromatic N) is 1. The molecule has 0 radical (unpaired) electrons. The second-order valence-corrected chi connectivity index (χ2v) is 2.10. The molecule has 0 fully saturated rings. The summed E-state index contributed by atoms with van der Waals surface area (Å²) in [5.41, 5.74) is 0. The van der Waals surface area contributed by atoms with E-state index in [0.717, 1.165) is 19.6 Å². The zero-order valence-corrected chi connectivity index (χ0v) is 5.32. The zero-order valence-electron chi connectivity index (χ0n) is 4.56. The predicted octanol–water partition coefficient (Wildman–Crippen LogP) is 1.04. The van der Waals surface area contributed by atoms with Crippen LogP contribution in [-0.4, -0.2) is 24.9 Å². The maximum atomic E-state index is 5.55. The Morgan fingerprint density at radius 3 is 3.38 bits per heavy atom. The molecule has 0 bridgehead atoms. The van der Waals surface area contributed by atoms with Gasteiger partial charge in [-0.25, -0.2) is 0 Å². The van der Waals surface area contributed by atoms with E-state index in [1.54, 1.807) is 0 Å². The maximum Gasteiger partial charge on any atom is 0.126 e. The van der Waals surface area contributed by atoms with Gasteiger partial charge in [0.25, 0.3) is 0 Å². The van der Waals surface area contributed by atoms with E-state index in [-0.39, 0.29) is 0 Å². The lowest BCUT2D eigenvalue weighted by atomic mass is 10.5. The highest BCUT2D eigenvalue weighted by molar-refractivity contribution is 6.65. The Morgan fingerprint density at radius 1 is 1.62 bits per heavy atom. The molecule has 0 saturated carbocycles. The molecule has 0 aliphatic carbocycles. The third-order valence-electron chi connectivity index (χ3n) is 0.951. The largest absolute Gasteiger partial charge is 0.374 e. The molecule has 0 aromatic carbocycles. The fourth-order valence-corrected chi connectivity index (χ4v) is 0.731. The van der Waals surface area contributed by atoms with Crippen LogP contribution in [-0.2, 0) is 4.74 Å². The summed E-state index contributed by atoms with van der Waals surface area (Å²) in [6.45, 7) is 2.11. The molecule has 46 valence electrons. The van der Waals surface area contributed by atoms with Crippen LogP contribution >= 0.6 is 11.6 Å². The second-order valence-electron chi connectivity index (χ2n) is 1.66. The van der Waals surface area contributed by atoms with Gasteiger partial charge in [0, 0.05) is 13.2 Å². The zero-order chi connectivity index (χ0) is 5.82. The second kappa shape index (κ2) is 3.05. The first-order valence-corrected chi connectivity index (χ1v) is 3.04. The van der Waals surface area contributed by atoms with Gasteiger partial charge >= 0.3 is 0 Å². The molecule has 8 heavy (non-hydrogen) atoms. The average Bonchev–Trinajstić information content (AvgIpc) is 1.94. The normalized spacial score (nSPS) is 21.9. The van der Waals surface area contributed by atoms with Gasteiger partial charge in [-0.05, 0) is 6.42 Å². The van der Waals surface area contributed by atoms with Gasteiger partial charge in [-0.15, -0.1) is 0 Å². The van der Waals surface area contributed by atoms with Gasteiger partial charge in [-0.3, -0.25) is 4.99 Å². The number of aliphatic imine (C=N–C) groups is 1. The van der Waals surface area contributed by atoms with E-state index in [1.165, 1.54) is 0 Å². The van der Waals surface area contributed by atoms with Gasteiger partial charge in [0.2, 0.25) is 0 Å². The Balaban J connectivity index is 2.36. The van der Waals surface area contributed by atoms with Crippen molar-refractivity contribution >= 4 is 16.8 Å². The van der Waals surface area contributed by atoms with Crippen molar-refractivity contribution in [3.05, 3.63) is 0 Å². The van der Waals surface area contributed by atoms with Crippen LogP contribution < -0.4 is 0 Å². The van der Waals surface area contributed by atoms with Crippen LogP contribution in [0.5, 0.6) is 0 Å². The molecule has 0 aromatic heterocycles. The first-order valence-electron chi connectivity index (χ1n) is 2.66. The molecule has 3 heteroatoms. The van der Waals surface area contributed by atoms with Crippen molar-refractivity contribution in [3.63, 3.8) is 0 Å². The summed E-state index contributed by atoms with van der Waals surface area (Å²) in [5, 5.41) is 0.600. The average molecular weight is 134 g/mol.